The van der Waals surface area contributed by atoms with E-state index >= 15 is 0 Å². The van der Waals surface area contributed by atoms with E-state index in [9.17, 15) is 18.0 Å². The van der Waals surface area contributed by atoms with Gasteiger partial charge in [0.15, 0.2) is 0 Å². The van der Waals surface area contributed by atoms with Gasteiger partial charge in [0.05, 0.1) is 5.56 Å². The molecule has 3 nitrogen and oxygen atoms in total. The number of likely N-dealkylation sites (tertiary alicyclic amines) is 1. The number of halogens is 3. The lowest BCUT2D eigenvalue weighted by atomic mass is 10.1. The van der Waals surface area contributed by atoms with Gasteiger partial charge in [0.25, 0.3) is 0 Å². The molecule has 1 saturated heterocycles. The number of amides is 1. The minimum absolute atomic E-state index is 0.0682. The van der Waals surface area contributed by atoms with Gasteiger partial charge in [-0.2, -0.15) is 13.2 Å². The van der Waals surface area contributed by atoms with Gasteiger partial charge in [0.1, 0.15) is 0 Å². The van der Waals surface area contributed by atoms with Crippen LogP contribution in [-0.2, 0) is 17.5 Å². The monoisotopic (exact) mass is 326 g/mol. The molecular formula is C17H21F3N2O. The van der Waals surface area contributed by atoms with Crippen molar-refractivity contribution in [3.8, 4) is 0 Å². The molecule has 1 aliphatic heterocycles. The van der Waals surface area contributed by atoms with Gasteiger partial charge in [-0.15, -0.1) is 6.58 Å². The van der Waals surface area contributed by atoms with Crippen molar-refractivity contribution in [1.82, 2.24) is 10.2 Å². The van der Waals surface area contributed by atoms with E-state index in [-0.39, 0.29) is 11.9 Å². The third kappa shape index (κ3) is 4.82. The second-order valence-electron chi connectivity index (χ2n) is 5.69. The Balaban J connectivity index is 1.96. The zero-order chi connectivity index (χ0) is 16.9. The van der Waals surface area contributed by atoms with E-state index in [2.05, 4.69) is 11.9 Å². The summed E-state index contributed by atoms with van der Waals surface area (Å²) in [5.74, 6) is 0.0682. The summed E-state index contributed by atoms with van der Waals surface area (Å²) in [6.45, 7) is 5.50. The molecule has 1 amide bonds. The summed E-state index contributed by atoms with van der Waals surface area (Å²) in [6, 6.07) is 5.16. The molecule has 126 valence electrons. The van der Waals surface area contributed by atoms with Crippen LogP contribution in [-0.4, -0.2) is 29.9 Å². The minimum Gasteiger partial charge on any atom is -0.335 e. The highest BCUT2D eigenvalue weighted by atomic mass is 19.4. The average Bonchev–Trinajstić information content (AvgIpc) is 2.84. The molecule has 1 aliphatic rings. The second kappa shape index (κ2) is 7.64. The fraction of sp³-hybridized carbons (Fsp3) is 0.471. The van der Waals surface area contributed by atoms with Crippen molar-refractivity contribution in [3.05, 3.63) is 48.0 Å². The maximum Gasteiger partial charge on any atom is 0.416 e. The standard InChI is InChI=1S/C17H21F3N2O/c1-2-10-21-11-9-15-7-8-16(23)22(15)12-13-3-5-14(6-4-13)17(18,19)20/h2-6,15,21H,1,7-12H2. The first-order chi connectivity index (χ1) is 10.9. The van der Waals surface area contributed by atoms with Crippen LogP contribution in [0, 0.1) is 0 Å². The summed E-state index contributed by atoms with van der Waals surface area (Å²) >= 11 is 0. The normalized spacial score (nSPS) is 18.5. The van der Waals surface area contributed by atoms with Gasteiger partial charge in [0.2, 0.25) is 5.91 Å². The third-order valence-electron chi connectivity index (χ3n) is 4.03. The Hall–Kier alpha value is -1.82. The van der Waals surface area contributed by atoms with Gasteiger partial charge in [0, 0.05) is 25.6 Å². The minimum atomic E-state index is -4.33. The number of rotatable bonds is 7. The van der Waals surface area contributed by atoms with E-state index < -0.39 is 11.7 Å². The van der Waals surface area contributed by atoms with Crippen molar-refractivity contribution >= 4 is 5.91 Å². The van der Waals surface area contributed by atoms with Crippen molar-refractivity contribution in [2.75, 3.05) is 13.1 Å². The summed E-state index contributed by atoms with van der Waals surface area (Å²) in [7, 11) is 0. The van der Waals surface area contributed by atoms with Crippen molar-refractivity contribution in [3.63, 3.8) is 0 Å². The Morgan fingerprint density at radius 3 is 2.61 bits per heavy atom. The number of carbonyl (C=O) groups excluding carboxylic acids is 1. The molecule has 0 bridgehead atoms. The number of carbonyl (C=O) groups is 1. The molecule has 6 heteroatoms. The molecule has 0 spiro atoms. The topological polar surface area (TPSA) is 32.3 Å². The highest BCUT2D eigenvalue weighted by molar-refractivity contribution is 5.78. The van der Waals surface area contributed by atoms with Gasteiger partial charge < -0.3 is 10.2 Å². The maximum atomic E-state index is 12.6. The molecule has 1 unspecified atom stereocenters. The van der Waals surface area contributed by atoms with Gasteiger partial charge >= 0.3 is 6.18 Å². The fourth-order valence-corrected chi connectivity index (χ4v) is 2.78. The van der Waals surface area contributed by atoms with E-state index in [0.29, 0.717) is 13.0 Å². The number of nitrogens with one attached hydrogen (secondary N) is 1. The van der Waals surface area contributed by atoms with Crippen LogP contribution in [0.2, 0.25) is 0 Å². The molecule has 1 heterocycles. The number of hydrogen-bond acceptors (Lipinski definition) is 2. The summed E-state index contributed by atoms with van der Waals surface area (Å²) in [5, 5.41) is 3.20. The molecule has 0 aliphatic carbocycles. The molecule has 0 radical (unpaired) electrons. The lowest BCUT2D eigenvalue weighted by molar-refractivity contribution is -0.137. The fourth-order valence-electron chi connectivity index (χ4n) is 2.78. The van der Waals surface area contributed by atoms with E-state index in [0.717, 1.165) is 43.6 Å². The highest BCUT2D eigenvalue weighted by Crippen LogP contribution is 2.30. The summed E-state index contributed by atoms with van der Waals surface area (Å²) in [5.41, 5.74) is 0.0523. The predicted octanol–water partition coefficient (Wildman–Crippen LogP) is 3.36. The number of nitrogens with zero attached hydrogens (tertiary/aromatic N) is 1. The van der Waals surface area contributed by atoms with Crippen molar-refractivity contribution in [1.29, 1.82) is 0 Å². The number of hydrogen-bond donors (Lipinski definition) is 1. The van der Waals surface area contributed by atoms with Gasteiger partial charge in [-0.3, -0.25) is 4.79 Å². The molecule has 1 aromatic rings. The molecule has 0 aromatic heterocycles. The largest absolute Gasteiger partial charge is 0.416 e. The van der Waals surface area contributed by atoms with E-state index in [1.54, 1.807) is 11.0 Å². The first-order valence-corrected chi connectivity index (χ1v) is 7.69. The molecule has 2 rings (SSSR count). The van der Waals surface area contributed by atoms with E-state index in [1.165, 1.54) is 12.1 Å². The predicted molar refractivity (Wildman–Crippen MR) is 82.7 cm³/mol. The van der Waals surface area contributed by atoms with Crippen LogP contribution in [0.15, 0.2) is 36.9 Å². The number of alkyl halides is 3. The van der Waals surface area contributed by atoms with E-state index in [1.807, 2.05) is 0 Å². The Morgan fingerprint density at radius 2 is 2.00 bits per heavy atom. The SMILES string of the molecule is C=CCNCCC1CCC(=O)N1Cc1ccc(C(F)(F)F)cc1. The van der Waals surface area contributed by atoms with Crippen molar-refractivity contribution in [2.45, 2.75) is 38.0 Å². The van der Waals surface area contributed by atoms with Gasteiger partial charge in [-0.1, -0.05) is 18.2 Å². The van der Waals surface area contributed by atoms with Crippen LogP contribution >= 0.6 is 0 Å². The Bertz CT molecular complexity index is 540. The van der Waals surface area contributed by atoms with Crippen LogP contribution in [0.25, 0.3) is 0 Å². The molecular weight excluding hydrogens is 305 g/mol. The number of benzene rings is 1. The maximum absolute atomic E-state index is 12.6. The summed E-state index contributed by atoms with van der Waals surface area (Å²) in [6.07, 6.45) is -0.413. The van der Waals surface area contributed by atoms with Crippen LogP contribution in [0.3, 0.4) is 0 Å². The first-order valence-electron chi connectivity index (χ1n) is 7.69. The zero-order valence-electron chi connectivity index (χ0n) is 12.9. The van der Waals surface area contributed by atoms with Crippen molar-refractivity contribution in [2.24, 2.45) is 0 Å². The van der Waals surface area contributed by atoms with Crippen LogP contribution in [0.5, 0.6) is 0 Å². The quantitative estimate of drug-likeness (QED) is 0.615. The molecule has 1 aromatic carbocycles. The Kier molecular flexibility index (Phi) is 5.82. The molecule has 1 N–H and O–H groups in total. The molecule has 0 saturated carbocycles. The van der Waals surface area contributed by atoms with Gasteiger partial charge in [-0.25, -0.2) is 0 Å². The summed E-state index contributed by atoms with van der Waals surface area (Å²) in [4.78, 5) is 13.8. The first kappa shape index (κ1) is 17.5. The van der Waals surface area contributed by atoms with Crippen molar-refractivity contribution < 1.29 is 18.0 Å². The molecule has 23 heavy (non-hydrogen) atoms. The van der Waals surface area contributed by atoms with Crippen LogP contribution in [0.1, 0.15) is 30.4 Å². The lowest BCUT2D eigenvalue weighted by Gasteiger charge is -2.25. The van der Waals surface area contributed by atoms with Crippen LogP contribution in [0.4, 0.5) is 13.2 Å². The summed E-state index contributed by atoms with van der Waals surface area (Å²) < 4.78 is 37.7. The lowest BCUT2D eigenvalue weighted by Crippen LogP contribution is -2.34. The van der Waals surface area contributed by atoms with Gasteiger partial charge in [-0.05, 0) is 37.1 Å². The van der Waals surface area contributed by atoms with Crippen LogP contribution < -0.4 is 5.32 Å². The molecule has 1 atom stereocenters. The zero-order valence-corrected chi connectivity index (χ0v) is 12.9. The average molecular weight is 326 g/mol. The smallest absolute Gasteiger partial charge is 0.335 e. The molecule has 1 fully saturated rings. The highest BCUT2D eigenvalue weighted by Gasteiger charge is 2.32. The second-order valence-corrected chi connectivity index (χ2v) is 5.69. The Morgan fingerprint density at radius 1 is 1.30 bits per heavy atom. The van der Waals surface area contributed by atoms with E-state index in [4.69, 9.17) is 0 Å². The third-order valence-corrected chi connectivity index (χ3v) is 4.03. The Labute approximate surface area is 134 Å².